The van der Waals surface area contributed by atoms with Gasteiger partial charge in [0.2, 0.25) is 0 Å². The SMILES string of the molecule is ON=CCCOCc1ccccc1. The van der Waals surface area contributed by atoms with Crippen LogP contribution < -0.4 is 0 Å². The molecule has 0 atom stereocenters. The Balaban J connectivity index is 2.13. The molecule has 0 saturated heterocycles. The number of rotatable bonds is 5. The van der Waals surface area contributed by atoms with Gasteiger partial charge >= 0.3 is 0 Å². The van der Waals surface area contributed by atoms with Gasteiger partial charge in [-0.1, -0.05) is 30.3 Å². The highest BCUT2D eigenvalue weighted by Gasteiger charge is 1.89. The molecule has 70 valence electrons. The fourth-order valence-corrected chi connectivity index (χ4v) is 0.958. The molecule has 0 spiro atoms. The molecule has 3 heteroatoms. The van der Waals surface area contributed by atoms with Crippen molar-refractivity contribution in [2.24, 2.45) is 5.16 Å². The van der Waals surface area contributed by atoms with E-state index in [1.54, 1.807) is 0 Å². The summed E-state index contributed by atoms with van der Waals surface area (Å²) < 4.78 is 5.32. The minimum atomic E-state index is 0.582. The fraction of sp³-hybridized carbons (Fsp3) is 0.300. The highest BCUT2D eigenvalue weighted by atomic mass is 16.5. The zero-order valence-corrected chi connectivity index (χ0v) is 7.39. The quantitative estimate of drug-likeness (QED) is 0.325. The van der Waals surface area contributed by atoms with Gasteiger partial charge in [-0.05, 0) is 5.56 Å². The lowest BCUT2D eigenvalue weighted by atomic mass is 10.2. The molecular weight excluding hydrogens is 166 g/mol. The standard InChI is InChI=1S/C10H13NO2/c12-11-7-4-8-13-9-10-5-2-1-3-6-10/h1-3,5-7,12H,4,8-9H2. The first-order valence-corrected chi connectivity index (χ1v) is 4.21. The summed E-state index contributed by atoms with van der Waals surface area (Å²) in [6, 6.07) is 9.96. The van der Waals surface area contributed by atoms with Crippen molar-refractivity contribution in [2.45, 2.75) is 13.0 Å². The van der Waals surface area contributed by atoms with Gasteiger partial charge in [0.25, 0.3) is 0 Å². The van der Waals surface area contributed by atoms with Crippen LogP contribution in [0, 0.1) is 0 Å². The summed E-state index contributed by atoms with van der Waals surface area (Å²) in [7, 11) is 0. The van der Waals surface area contributed by atoms with Gasteiger partial charge in [-0.25, -0.2) is 0 Å². The second-order valence-electron chi connectivity index (χ2n) is 2.62. The maximum atomic E-state index is 8.10. The molecule has 0 unspecified atom stereocenters. The minimum absolute atomic E-state index is 0.582. The number of benzene rings is 1. The second kappa shape index (κ2) is 6.20. The van der Waals surface area contributed by atoms with Crippen LogP contribution in [0.3, 0.4) is 0 Å². The average molecular weight is 179 g/mol. The molecule has 0 radical (unpaired) electrons. The Morgan fingerprint density at radius 1 is 1.31 bits per heavy atom. The predicted molar refractivity (Wildman–Crippen MR) is 51.0 cm³/mol. The predicted octanol–water partition coefficient (Wildman–Crippen LogP) is 2.05. The molecule has 0 heterocycles. The number of nitrogens with zero attached hydrogens (tertiary/aromatic N) is 1. The smallest absolute Gasteiger partial charge is 0.0717 e. The van der Waals surface area contributed by atoms with Gasteiger partial charge < -0.3 is 9.94 Å². The zero-order chi connectivity index (χ0) is 9.36. The van der Waals surface area contributed by atoms with Gasteiger partial charge in [0.05, 0.1) is 13.2 Å². The van der Waals surface area contributed by atoms with Crippen molar-refractivity contribution < 1.29 is 9.94 Å². The van der Waals surface area contributed by atoms with E-state index in [1.165, 1.54) is 6.21 Å². The largest absolute Gasteiger partial charge is 0.411 e. The Kier molecular flexibility index (Phi) is 4.64. The van der Waals surface area contributed by atoms with Crippen molar-refractivity contribution in [2.75, 3.05) is 6.61 Å². The van der Waals surface area contributed by atoms with E-state index in [4.69, 9.17) is 9.94 Å². The van der Waals surface area contributed by atoms with Crippen LogP contribution in [0.2, 0.25) is 0 Å². The van der Waals surface area contributed by atoms with Crippen LogP contribution in [-0.2, 0) is 11.3 Å². The fourth-order valence-electron chi connectivity index (χ4n) is 0.958. The van der Waals surface area contributed by atoms with Gasteiger partial charge in [0.15, 0.2) is 0 Å². The van der Waals surface area contributed by atoms with E-state index in [9.17, 15) is 0 Å². The zero-order valence-electron chi connectivity index (χ0n) is 7.39. The average Bonchev–Trinajstić information content (AvgIpc) is 2.19. The molecule has 0 aliphatic heterocycles. The summed E-state index contributed by atoms with van der Waals surface area (Å²) in [4.78, 5) is 0. The number of hydrogen-bond donors (Lipinski definition) is 1. The molecule has 0 aromatic heterocycles. The van der Waals surface area contributed by atoms with Crippen molar-refractivity contribution in [1.29, 1.82) is 0 Å². The van der Waals surface area contributed by atoms with Crippen LogP contribution in [0.25, 0.3) is 0 Å². The Hall–Kier alpha value is -1.35. The van der Waals surface area contributed by atoms with Crippen LogP contribution >= 0.6 is 0 Å². The molecule has 1 aromatic rings. The highest BCUT2D eigenvalue weighted by Crippen LogP contribution is 2.00. The van der Waals surface area contributed by atoms with E-state index in [0.717, 1.165) is 5.56 Å². The van der Waals surface area contributed by atoms with E-state index in [0.29, 0.717) is 19.6 Å². The van der Waals surface area contributed by atoms with Crippen molar-refractivity contribution in [3.63, 3.8) is 0 Å². The Bertz CT molecular complexity index is 246. The summed E-state index contributed by atoms with van der Waals surface area (Å²) in [5.41, 5.74) is 1.16. The molecular formula is C10H13NO2. The molecule has 0 aliphatic rings. The van der Waals surface area contributed by atoms with E-state index < -0.39 is 0 Å². The highest BCUT2D eigenvalue weighted by molar-refractivity contribution is 5.56. The summed E-state index contributed by atoms with van der Waals surface area (Å²) in [6.07, 6.45) is 2.06. The van der Waals surface area contributed by atoms with E-state index in [1.807, 2.05) is 30.3 Å². The van der Waals surface area contributed by atoms with E-state index >= 15 is 0 Å². The van der Waals surface area contributed by atoms with Crippen molar-refractivity contribution in [3.8, 4) is 0 Å². The lowest BCUT2D eigenvalue weighted by molar-refractivity contribution is 0.128. The lowest BCUT2D eigenvalue weighted by Crippen LogP contribution is -1.95. The first-order chi connectivity index (χ1) is 6.43. The second-order valence-corrected chi connectivity index (χ2v) is 2.62. The minimum Gasteiger partial charge on any atom is -0.411 e. The van der Waals surface area contributed by atoms with Crippen molar-refractivity contribution in [1.82, 2.24) is 0 Å². The number of hydrogen-bond acceptors (Lipinski definition) is 3. The van der Waals surface area contributed by atoms with Crippen molar-refractivity contribution >= 4 is 6.21 Å². The third-order valence-corrected chi connectivity index (χ3v) is 1.58. The van der Waals surface area contributed by atoms with Gasteiger partial charge in [-0.3, -0.25) is 0 Å². The number of ether oxygens (including phenoxy) is 1. The van der Waals surface area contributed by atoms with Crippen LogP contribution in [0.1, 0.15) is 12.0 Å². The molecule has 1 rings (SSSR count). The van der Waals surface area contributed by atoms with Crippen LogP contribution in [0.4, 0.5) is 0 Å². The molecule has 1 aromatic carbocycles. The summed E-state index contributed by atoms with van der Waals surface area (Å²) in [5.74, 6) is 0. The lowest BCUT2D eigenvalue weighted by Gasteiger charge is -2.01. The Morgan fingerprint density at radius 2 is 2.08 bits per heavy atom. The normalized spacial score (nSPS) is 10.8. The first kappa shape index (κ1) is 9.74. The first-order valence-electron chi connectivity index (χ1n) is 4.21. The van der Waals surface area contributed by atoms with Crippen molar-refractivity contribution in [3.05, 3.63) is 35.9 Å². The molecule has 13 heavy (non-hydrogen) atoms. The summed E-state index contributed by atoms with van der Waals surface area (Å²) in [6.45, 7) is 1.19. The van der Waals surface area contributed by atoms with Gasteiger partial charge in [-0.15, -0.1) is 5.16 Å². The van der Waals surface area contributed by atoms with Crippen LogP contribution in [0.15, 0.2) is 35.5 Å². The maximum Gasteiger partial charge on any atom is 0.0717 e. The molecule has 0 fully saturated rings. The summed E-state index contributed by atoms with van der Waals surface area (Å²) >= 11 is 0. The third kappa shape index (κ3) is 4.28. The molecule has 3 nitrogen and oxygen atoms in total. The topological polar surface area (TPSA) is 41.8 Å². The van der Waals surface area contributed by atoms with E-state index in [2.05, 4.69) is 5.16 Å². The van der Waals surface area contributed by atoms with Gasteiger partial charge in [0, 0.05) is 12.6 Å². The Morgan fingerprint density at radius 3 is 2.77 bits per heavy atom. The summed E-state index contributed by atoms with van der Waals surface area (Å²) in [5, 5.41) is 11.0. The molecule has 0 amide bonds. The van der Waals surface area contributed by atoms with Crippen LogP contribution in [0.5, 0.6) is 0 Å². The number of oxime groups is 1. The monoisotopic (exact) mass is 179 g/mol. The molecule has 0 saturated carbocycles. The maximum absolute atomic E-state index is 8.10. The Labute approximate surface area is 77.6 Å². The molecule has 0 aliphatic carbocycles. The van der Waals surface area contributed by atoms with Crippen LogP contribution in [-0.4, -0.2) is 18.0 Å². The van der Waals surface area contributed by atoms with E-state index in [-0.39, 0.29) is 0 Å². The van der Waals surface area contributed by atoms with Gasteiger partial charge in [-0.2, -0.15) is 0 Å². The molecule has 0 bridgehead atoms. The van der Waals surface area contributed by atoms with Gasteiger partial charge in [0.1, 0.15) is 0 Å². The third-order valence-electron chi connectivity index (χ3n) is 1.58. The molecule has 1 N–H and O–H groups in total.